The minimum absolute atomic E-state index is 0.0912. The minimum Gasteiger partial charge on any atom is -0.423 e. The molecule has 0 aromatic heterocycles. The summed E-state index contributed by atoms with van der Waals surface area (Å²) in [6, 6.07) is 4.45. The smallest absolute Gasteiger partial charge is 0.423 e. The van der Waals surface area contributed by atoms with Crippen molar-refractivity contribution in [1.82, 2.24) is 4.90 Å². The maximum atomic E-state index is 12.1. The highest BCUT2D eigenvalue weighted by Crippen LogP contribution is 2.19. The van der Waals surface area contributed by atoms with Crippen LogP contribution >= 0.6 is 11.6 Å². The number of hydrogen-bond donors (Lipinski definition) is 2. The molecule has 0 aliphatic carbocycles. The molecule has 0 atom stereocenters. The lowest BCUT2D eigenvalue weighted by atomic mass is 9.80. The van der Waals surface area contributed by atoms with Crippen LogP contribution in [0.4, 0.5) is 0 Å². The van der Waals surface area contributed by atoms with Crippen molar-refractivity contribution in [2.24, 2.45) is 0 Å². The van der Waals surface area contributed by atoms with Crippen LogP contribution in [-0.2, 0) is 0 Å². The lowest BCUT2D eigenvalue weighted by Gasteiger charge is -2.16. The highest BCUT2D eigenvalue weighted by Gasteiger charge is 2.22. The molecule has 2 N–H and O–H groups in total. The fourth-order valence-electron chi connectivity index (χ4n) is 1.96. The van der Waals surface area contributed by atoms with Crippen molar-refractivity contribution in [3.05, 3.63) is 28.8 Å². The molecule has 1 saturated heterocycles. The largest absolute Gasteiger partial charge is 0.488 e. The molecule has 0 unspecified atom stereocenters. The van der Waals surface area contributed by atoms with Gasteiger partial charge in [-0.1, -0.05) is 17.7 Å². The zero-order chi connectivity index (χ0) is 12.4. The minimum atomic E-state index is -1.57. The van der Waals surface area contributed by atoms with E-state index in [1.165, 1.54) is 18.2 Å². The van der Waals surface area contributed by atoms with Crippen molar-refractivity contribution < 1.29 is 14.8 Å². The van der Waals surface area contributed by atoms with E-state index in [2.05, 4.69) is 0 Å². The molecular formula is C11H13BClNO3. The van der Waals surface area contributed by atoms with Gasteiger partial charge >= 0.3 is 7.12 Å². The highest BCUT2D eigenvalue weighted by atomic mass is 35.5. The Morgan fingerprint density at radius 1 is 1.29 bits per heavy atom. The SMILES string of the molecule is O=C(c1ccc(B(O)O)cc1Cl)N1CCCC1. The Morgan fingerprint density at radius 3 is 2.47 bits per heavy atom. The molecule has 6 heteroatoms. The second kappa shape index (κ2) is 5.08. The molecule has 1 amide bonds. The molecule has 90 valence electrons. The molecule has 1 heterocycles. The average molecular weight is 253 g/mol. The lowest BCUT2D eigenvalue weighted by Crippen LogP contribution is -2.31. The number of carbonyl (C=O) groups is 1. The summed E-state index contributed by atoms with van der Waals surface area (Å²) < 4.78 is 0. The van der Waals surface area contributed by atoms with Crippen molar-refractivity contribution in [3.8, 4) is 0 Å². The van der Waals surface area contributed by atoms with Gasteiger partial charge in [-0.15, -0.1) is 0 Å². The number of hydrogen-bond acceptors (Lipinski definition) is 3. The molecule has 4 nitrogen and oxygen atoms in total. The van der Waals surface area contributed by atoms with Crippen molar-refractivity contribution in [2.75, 3.05) is 13.1 Å². The van der Waals surface area contributed by atoms with Crippen LogP contribution in [0, 0.1) is 0 Å². The number of benzene rings is 1. The summed E-state index contributed by atoms with van der Waals surface area (Å²) in [7, 11) is -1.57. The van der Waals surface area contributed by atoms with Crippen LogP contribution in [0.3, 0.4) is 0 Å². The van der Waals surface area contributed by atoms with E-state index in [4.69, 9.17) is 21.6 Å². The van der Waals surface area contributed by atoms with E-state index >= 15 is 0 Å². The molecule has 17 heavy (non-hydrogen) atoms. The third kappa shape index (κ3) is 2.62. The van der Waals surface area contributed by atoms with Gasteiger partial charge < -0.3 is 14.9 Å². The van der Waals surface area contributed by atoms with Gasteiger partial charge in [0, 0.05) is 13.1 Å². The van der Waals surface area contributed by atoms with Gasteiger partial charge in [0.2, 0.25) is 0 Å². The Kier molecular flexibility index (Phi) is 3.71. The van der Waals surface area contributed by atoms with Crippen LogP contribution in [-0.4, -0.2) is 41.1 Å². The van der Waals surface area contributed by atoms with Crippen LogP contribution in [0.5, 0.6) is 0 Å². The van der Waals surface area contributed by atoms with Gasteiger partial charge in [-0.3, -0.25) is 4.79 Å². The molecule has 0 spiro atoms. The standard InChI is InChI=1S/C11H13BClNO3/c13-10-7-8(12(16)17)3-4-9(10)11(15)14-5-1-2-6-14/h3-4,7,16-17H,1-2,5-6H2. The normalized spacial score (nSPS) is 15.1. The summed E-state index contributed by atoms with van der Waals surface area (Å²) in [5.41, 5.74) is 0.700. The molecular weight excluding hydrogens is 240 g/mol. The average Bonchev–Trinajstić information content (AvgIpc) is 2.81. The van der Waals surface area contributed by atoms with Gasteiger partial charge in [-0.2, -0.15) is 0 Å². The summed E-state index contributed by atoms with van der Waals surface area (Å²) in [5, 5.41) is 18.2. The van der Waals surface area contributed by atoms with Gasteiger partial charge in [-0.05, 0) is 30.4 Å². The van der Waals surface area contributed by atoms with Crippen LogP contribution in [0.15, 0.2) is 18.2 Å². The number of amides is 1. The number of rotatable bonds is 2. The van der Waals surface area contributed by atoms with Gasteiger partial charge in [0.25, 0.3) is 5.91 Å². The van der Waals surface area contributed by atoms with Crippen LogP contribution < -0.4 is 5.46 Å². The molecule has 1 aromatic rings. The molecule has 1 aliphatic heterocycles. The van der Waals surface area contributed by atoms with Crippen molar-refractivity contribution in [3.63, 3.8) is 0 Å². The Morgan fingerprint density at radius 2 is 1.94 bits per heavy atom. The summed E-state index contributed by atoms with van der Waals surface area (Å²) in [6.45, 7) is 1.53. The van der Waals surface area contributed by atoms with Crippen LogP contribution in [0.2, 0.25) is 5.02 Å². The monoisotopic (exact) mass is 253 g/mol. The lowest BCUT2D eigenvalue weighted by molar-refractivity contribution is 0.0793. The third-order valence-corrected chi connectivity index (χ3v) is 3.23. The van der Waals surface area contributed by atoms with Crippen LogP contribution in [0.1, 0.15) is 23.2 Å². The first kappa shape index (κ1) is 12.4. The van der Waals surface area contributed by atoms with Crippen molar-refractivity contribution >= 4 is 30.1 Å². The summed E-state index contributed by atoms with van der Waals surface area (Å²) in [5.74, 6) is -0.0912. The van der Waals surface area contributed by atoms with Crippen molar-refractivity contribution in [1.29, 1.82) is 0 Å². The third-order valence-electron chi connectivity index (χ3n) is 2.91. The predicted octanol–water partition coefficient (Wildman–Crippen LogP) is 0.256. The van der Waals surface area contributed by atoms with Crippen LogP contribution in [0.25, 0.3) is 0 Å². The summed E-state index contributed by atoms with van der Waals surface area (Å²) in [6.07, 6.45) is 2.05. The van der Waals surface area contributed by atoms with Crippen molar-refractivity contribution in [2.45, 2.75) is 12.8 Å². The van der Waals surface area contributed by atoms with E-state index in [1.807, 2.05) is 0 Å². The van der Waals surface area contributed by atoms with Gasteiger partial charge in [-0.25, -0.2) is 0 Å². The van der Waals surface area contributed by atoms with E-state index in [1.54, 1.807) is 4.90 Å². The van der Waals surface area contributed by atoms with E-state index in [-0.39, 0.29) is 16.4 Å². The molecule has 0 bridgehead atoms. The van der Waals surface area contributed by atoms with E-state index < -0.39 is 7.12 Å². The van der Waals surface area contributed by atoms with Gasteiger partial charge in [0.15, 0.2) is 0 Å². The van der Waals surface area contributed by atoms with E-state index in [9.17, 15) is 4.79 Å². The molecule has 1 aromatic carbocycles. The second-order valence-corrected chi connectivity index (χ2v) is 4.52. The number of nitrogens with zero attached hydrogens (tertiary/aromatic N) is 1. The number of halogens is 1. The quantitative estimate of drug-likeness (QED) is 0.743. The Hall–Kier alpha value is -1.04. The Bertz CT molecular complexity index is 433. The molecule has 0 radical (unpaired) electrons. The topological polar surface area (TPSA) is 60.8 Å². The summed E-state index contributed by atoms with van der Waals surface area (Å²) in [4.78, 5) is 13.8. The highest BCUT2D eigenvalue weighted by molar-refractivity contribution is 6.59. The Balaban J connectivity index is 2.23. The first-order valence-electron chi connectivity index (χ1n) is 5.54. The van der Waals surface area contributed by atoms with Gasteiger partial charge in [0.1, 0.15) is 0 Å². The fraction of sp³-hybridized carbons (Fsp3) is 0.364. The zero-order valence-electron chi connectivity index (χ0n) is 9.27. The fourth-order valence-corrected chi connectivity index (χ4v) is 2.23. The van der Waals surface area contributed by atoms with E-state index in [0.717, 1.165) is 25.9 Å². The zero-order valence-corrected chi connectivity index (χ0v) is 10.0. The first-order chi connectivity index (χ1) is 8.09. The molecule has 2 rings (SSSR count). The first-order valence-corrected chi connectivity index (χ1v) is 5.92. The second-order valence-electron chi connectivity index (χ2n) is 4.11. The maximum absolute atomic E-state index is 12.1. The molecule has 1 aliphatic rings. The van der Waals surface area contributed by atoms with E-state index in [0.29, 0.717) is 5.56 Å². The number of carbonyl (C=O) groups excluding carboxylic acids is 1. The molecule has 1 fully saturated rings. The molecule has 0 saturated carbocycles. The summed E-state index contributed by atoms with van der Waals surface area (Å²) >= 11 is 5.98. The predicted molar refractivity (Wildman–Crippen MR) is 66.4 cm³/mol. The van der Waals surface area contributed by atoms with Gasteiger partial charge in [0.05, 0.1) is 10.6 Å². The Labute approximate surface area is 105 Å². The maximum Gasteiger partial charge on any atom is 0.488 e. The number of likely N-dealkylation sites (tertiary alicyclic amines) is 1.